The third kappa shape index (κ3) is 3.97. The minimum atomic E-state index is -0.627. The maximum Gasteiger partial charge on any atom is 0.406 e. The zero-order valence-electron chi connectivity index (χ0n) is 11.1. The molecule has 0 spiro atoms. The molecule has 2 rings (SSSR count). The molecule has 108 valence electrons. The standard InChI is InChI=1S/C14H11IN2O4/c1-9-2-7-13(14(16-9)17(19)20)21-8-12(18)10-3-5-11(15)6-4-10/h2-7H,8H2,1H3. The predicted octanol–water partition coefficient (Wildman–Crippen LogP) is 3.16. The fourth-order valence-electron chi connectivity index (χ4n) is 1.64. The second-order valence-corrected chi connectivity index (χ2v) is 5.50. The Labute approximate surface area is 134 Å². The summed E-state index contributed by atoms with van der Waals surface area (Å²) in [6, 6.07) is 10.0. The van der Waals surface area contributed by atoms with Crippen molar-refractivity contribution in [3.8, 4) is 5.75 Å². The summed E-state index contributed by atoms with van der Waals surface area (Å²) in [5.74, 6) is -0.642. The average molecular weight is 398 g/mol. The summed E-state index contributed by atoms with van der Waals surface area (Å²) in [5, 5.41) is 10.9. The molecule has 0 radical (unpaired) electrons. The molecular formula is C14H11IN2O4. The summed E-state index contributed by atoms with van der Waals surface area (Å²) in [5.41, 5.74) is 1.01. The molecule has 0 N–H and O–H groups in total. The van der Waals surface area contributed by atoms with Gasteiger partial charge in [-0.3, -0.25) is 4.79 Å². The number of nitro groups is 1. The Kier molecular flexibility index (Phi) is 4.84. The zero-order chi connectivity index (χ0) is 15.4. The molecule has 1 aromatic carbocycles. The van der Waals surface area contributed by atoms with Crippen LogP contribution in [0.15, 0.2) is 36.4 Å². The third-order valence-corrected chi connectivity index (χ3v) is 3.40. The van der Waals surface area contributed by atoms with Crippen LogP contribution in [-0.4, -0.2) is 22.3 Å². The van der Waals surface area contributed by atoms with Gasteiger partial charge in [0.25, 0.3) is 0 Å². The molecule has 0 atom stereocenters. The van der Waals surface area contributed by atoms with E-state index in [0.717, 1.165) is 3.57 Å². The normalized spacial score (nSPS) is 10.2. The van der Waals surface area contributed by atoms with E-state index in [1.54, 1.807) is 25.1 Å². The fraction of sp³-hybridized carbons (Fsp3) is 0.143. The molecule has 7 heteroatoms. The lowest BCUT2D eigenvalue weighted by molar-refractivity contribution is -0.390. The van der Waals surface area contributed by atoms with E-state index in [1.807, 2.05) is 12.1 Å². The molecule has 0 fully saturated rings. The van der Waals surface area contributed by atoms with Gasteiger partial charge >= 0.3 is 5.82 Å². The van der Waals surface area contributed by atoms with Crippen LogP contribution >= 0.6 is 22.6 Å². The maximum atomic E-state index is 12.0. The average Bonchev–Trinajstić information content (AvgIpc) is 2.46. The summed E-state index contributed by atoms with van der Waals surface area (Å²) >= 11 is 2.14. The number of hydrogen-bond acceptors (Lipinski definition) is 5. The fourth-order valence-corrected chi connectivity index (χ4v) is 2.00. The van der Waals surface area contributed by atoms with E-state index in [2.05, 4.69) is 27.6 Å². The van der Waals surface area contributed by atoms with Gasteiger partial charge in [-0.05, 0) is 56.8 Å². The molecule has 0 bridgehead atoms. The Morgan fingerprint density at radius 2 is 1.95 bits per heavy atom. The van der Waals surface area contributed by atoms with Crippen LogP contribution in [0.3, 0.4) is 0 Å². The van der Waals surface area contributed by atoms with Gasteiger partial charge in [-0.2, -0.15) is 0 Å². The number of carbonyl (C=O) groups is 1. The predicted molar refractivity (Wildman–Crippen MR) is 84.6 cm³/mol. The van der Waals surface area contributed by atoms with Crippen molar-refractivity contribution >= 4 is 34.2 Å². The second-order valence-electron chi connectivity index (χ2n) is 4.25. The molecule has 21 heavy (non-hydrogen) atoms. The molecule has 0 unspecified atom stereocenters. The highest BCUT2D eigenvalue weighted by atomic mass is 127. The van der Waals surface area contributed by atoms with E-state index in [-0.39, 0.29) is 24.0 Å². The number of halogens is 1. The number of aromatic nitrogens is 1. The van der Waals surface area contributed by atoms with Gasteiger partial charge in [0.1, 0.15) is 5.69 Å². The van der Waals surface area contributed by atoms with Crippen LogP contribution in [0.4, 0.5) is 5.82 Å². The molecule has 0 aliphatic rings. The highest BCUT2D eigenvalue weighted by molar-refractivity contribution is 14.1. The Morgan fingerprint density at radius 3 is 2.57 bits per heavy atom. The number of pyridine rings is 1. The van der Waals surface area contributed by atoms with Crippen LogP contribution in [0.25, 0.3) is 0 Å². The Morgan fingerprint density at radius 1 is 1.29 bits per heavy atom. The van der Waals surface area contributed by atoms with Crippen LogP contribution in [0.1, 0.15) is 16.1 Å². The second kappa shape index (κ2) is 6.61. The van der Waals surface area contributed by atoms with Gasteiger partial charge in [0.05, 0.1) is 0 Å². The van der Waals surface area contributed by atoms with Crippen molar-refractivity contribution in [1.29, 1.82) is 0 Å². The number of Topliss-reactive ketones (excluding diaryl/α,β-unsaturated/α-hetero) is 1. The Hall–Kier alpha value is -2.03. The van der Waals surface area contributed by atoms with Gasteiger partial charge in [0.15, 0.2) is 12.4 Å². The van der Waals surface area contributed by atoms with Crippen LogP contribution in [0.2, 0.25) is 0 Å². The molecule has 6 nitrogen and oxygen atoms in total. The quantitative estimate of drug-likeness (QED) is 0.335. The van der Waals surface area contributed by atoms with Crippen molar-refractivity contribution in [3.05, 3.63) is 61.3 Å². The summed E-state index contributed by atoms with van der Waals surface area (Å²) in [6.07, 6.45) is 0. The van der Waals surface area contributed by atoms with E-state index in [9.17, 15) is 14.9 Å². The third-order valence-electron chi connectivity index (χ3n) is 2.68. The number of ether oxygens (including phenoxy) is 1. The van der Waals surface area contributed by atoms with E-state index in [0.29, 0.717) is 11.3 Å². The molecule has 0 saturated heterocycles. The molecule has 2 aromatic rings. The first-order valence-corrected chi connectivity index (χ1v) is 7.09. The van der Waals surface area contributed by atoms with Gasteiger partial charge < -0.3 is 14.9 Å². The van der Waals surface area contributed by atoms with E-state index < -0.39 is 4.92 Å². The van der Waals surface area contributed by atoms with Gasteiger partial charge in [0, 0.05) is 16.1 Å². The van der Waals surface area contributed by atoms with Gasteiger partial charge in [-0.25, -0.2) is 0 Å². The lowest BCUT2D eigenvalue weighted by atomic mass is 10.1. The summed E-state index contributed by atoms with van der Waals surface area (Å²) in [7, 11) is 0. The lowest BCUT2D eigenvalue weighted by Gasteiger charge is -2.06. The van der Waals surface area contributed by atoms with Crippen molar-refractivity contribution in [2.75, 3.05) is 6.61 Å². The number of ketones is 1. The summed E-state index contributed by atoms with van der Waals surface area (Å²) in [4.78, 5) is 26.0. The van der Waals surface area contributed by atoms with E-state index in [1.165, 1.54) is 6.07 Å². The van der Waals surface area contributed by atoms with Gasteiger partial charge in [-0.15, -0.1) is 0 Å². The minimum Gasteiger partial charge on any atom is -0.477 e. The van der Waals surface area contributed by atoms with Gasteiger partial charge in [-0.1, -0.05) is 12.1 Å². The minimum absolute atomic E-state index is 0.00976. The van der Waals surface area contributed by atoms with Gasteiger partial charge in [0.2, 0.25) is 5.75 Å². The van der Waals surface area contributed by atoms with Crippen molar-refractivity contribution in [2.24, 2.45) is 0 Å². The van der Waals surface area contributed by atoms with Crippen LogP contribution < -0.4 is 4.74 Å². The molecular weight excluding hydrogens is 387 g/mol. The largest absolute Gasteiger partial charge is 0.477 e. The number of hydrogen-bond donors (Lipinski definition) is 0. The van der Waals surface area contributed by atoms with E-state index in [4.69, 9.17) is 4.74 Å². The SMILES string of the molecule is Cc1ccc(OCC(=O)c2ccc(I)cc2)c([N+](=O)[O-])n1. The molecule has 1 heterocycles. The monoisotopic (exact) mass is 398 g/mol. The molecule has 0 saturated carbocycles. The first-order chi connectivity index (χ1) is 9.97. The summed E-state index contributed by atoms with van der Waals surface area (Å²) in [6.45, 7) is 1.37. The summed E-state index contributed by atoms with van der Waals surface area (Å²) < 4.78 is 6.26. The topological polar surface area (TPSA) is 82.3 Å². The Balaban J connectivity index is 2.11. The van der Waals surface area contributed by atoms with Crippen molar-refractivity contribution in [3.63, 3.8) is 0 Å². The Bertz CT molecular complexity index is 686. The van der Waals surface area contributed by atoms with Crippen LogP contribution in [0, 0.1) is 20.6 Å². The number of rotatable bonds is 5. The van der Waals surface area contributed by atoms with Crippen molar-refractivity contribution < 1.29 is 14.5 Å². The van der Waals surface area contributed by atoms with Crippen molar-refractivity contribution in [1.82, 2.24) is 4.98 Å². The number of carbonyl (C=O) groups excluding carboxylic acids is 1. The molecule has 1 aromatic heterocycles. The number of benzene rings is 1. The number of nitrogens with zero attached hydrogens (tertiary/aromatic N) is 2. The molecule has 0 amide bonds. The molecule has 0 aliphatic carbocycles. The highest BCUT2D eigenvalue weighted by Crippen LogP contribution is 2.24. The first-order valence-electron chi connectivity index (χ1n) is 6.01. The highest BCUT2D eigenvalue weighted by Gasteiger charge is 2.18. The maximum absolute atomic E-state index is 12.0. The lowest BCUT2D eigenvalue weighted by Crippen LogP contribution is -2.12. The molecule has 0 aliphatic heterocycles. The van der Waals surface area contributed by atoms with Crippen LogP contribution in [-0.2, 0) is 0 Å². The number of aryl methyl sites for hydroxylation is 1. The zero-order valence-corrected chi connectivity index (χ0v) is 13.2. The van der Waals surface area contributed by atoms with E-state index >= 15 is 0 Å². The van der Waals surface area contributed by atoms with Crippen LogP contribution in [0.5, 0.6) is 5.75 Å². The smallest absolute Gasteiger partial charge is 0.406 e. The first kappa shape index (κ1) is 15.4. The van der Waals surface area contributed by atoms with Crippen molar-refractivity contribution in [2.45, 2.75) is 6.92 Å².